The van der Waals surface area contributed by atoms with Gasteiger partial charge in [-0.05, 0) is 55.3 Å². The van der Waals surface area contributed by atoms with Gasteiger partial charge in [0.05, 0.1) is 0 Å². The monoisotopic (exact) mass is 293 g/mol. The van der Waals surface area contributed by atoms with Gasteiger partial charge in [-0.2, -0.15) is 0 Å². The lowest BCUT2D eigenvalue weighted by molar-refractivity contribution is 0.436. The second-order valence-electron chi connectivity index (χ2n) is 5.46. The molecule has 1 aromatic rings. The van der Waals surface area contributed by atoms with Crippen LogP contribution in [0, 0.1) is 5.92 Å². The zero-order valence-corrected chi connectivity index (χ0v) is 11.8. The topological polar surface area (TPSA) is 12.0 Å². The molecular formula is C15H20BrN. The van der Waals surface area contributed by atoms with E-state index in [1.165, 1.54) is 60.7 Å². The van der Waals surface area contributed by atoms with Crippen molar-refractivity contribution in [1.82, 2.24) is 5.32 Å². The third-order valence-electron chi connectivity index (χ3n) is 4.34. The third-order valence-corrected chi connectivity index (χ3v) is 5.08. The lowest BCUT2D eigenvalue weighted by atomic mass is 10.1. The molecular weight excluding hydrogens is 274 g/mol. The Labute approximate surface area is 112 Å². The van der Waals surface area contributed by atoms with Crippen LogP contribution in [-0.4, -0.2) is 6.54 Å². The van der Waals surface area contributed by atoms with Crippen LogP contribution in [0.5, 0.6) is 0 Å². The van der Waals surface area contributed by atoms with Crippen LogP contribution < -0.4 is 5.32 Å². The number of halogens is 1. The van der Waals surface area contributed by atoms with Gasteiger partial charge in [0.2, 0.25) is 0 Å². The molecule has 0 heterocycles. The molecule has 1 aromatic carbocycles. The molecule has 2 aliphatic carbocycles. The van der Waals surface area contributed by atoms with Crippen molar-refractivity contribution < 1.29 is 0 Å². The minimum atomic E-state index is 0.600. The largest absolute Gasteiger partial charge is 0.310 e. The van der Waals surface area contributed by atoms with Crippen molar-refractivity contribution in [2.75, 3.05) is 6.54 Å². The number of hydrogen-bond donors (Lipinski definition) is 1. The molecule has 0 bridgehead atoms. The first-order valence-corrected chi connectivity index (χ1v) is 7.64. The molecule has 1 unspecified atom stereocenters. The van der Waals surface area contributed by atoms with Crippen LogP contribution in [0.25, 0.3) is 0 Å². The van der Waals surface area contributed by atoms with Gasteiger partial charge < -0.3 is 5.32 Å². The van der Waals surface area contributed by atoms with Gasteiger partial charge >= 0.3 is 0 Å². The van der Waals surface area contributed by atoms with Gasteiger partial charge in [-0.25, -0.2) is 0 Å². The van der Waals surface area contributed by atoms with Crippen molar-refractivity contribution in [2.24, 2.45) is 5.92 Å². The van der Waals surface area contributed by atoms with Crippen LogP contribution in [0.4, 0.5) is 0 Å². The second-order valence-corrected chi connectivity index (χ2v) is 6.31. The highest BCUT2D eigenvalue weighted by Crippen LogP contribution is 2.36. The summed E-state index contributed by atoms with van der Waals surface area (Å²) in [6, 6.07) is 7.22. The first-order valence-electron chi connectivity index (χ1n) is 6.85. The Morgan fingerprint density at radius 1 is 1.18 bits per heavy atom. The van der Waals surface area contributed by atoms with Crippen molar-refractivity contribution in [3.8, 4) is 0 Å². The molecule has 17 heavy (non-hydrogen) atoms. The number of benzene rings is 1. The first-order chi connectivity index (χ1) is 8.34. The fourth-order valence-electron chi connectivity index (χ4n) is 3.35. The Morgan fingerprint density at radius 3 is 2.82 bits per heavy atom. The Balaban J connectivity index is 1.65. The lowest BCUT2D eigenvalue weighted by Crippen LogP contribution is -2.24. The highest BCUT2D eigenvalue weighted by Gasteiger charge is 2.24. The van der Waals surface area contributed by atoms with Gasteiger partial charge in [-0.3, -0.25) is 0 Å². The Hall–Kier alpha value is -0.340. The summed E-state index contributed by atoms with van der Waals surface area (Å²) in [7, 11) is 0. The lowest BCUT2D eigenvalue weighted by Gasteiger charge is -2.17. The maximum absolute atomic E-state index is 3.79. The molecule has 1 atom stereocenters. The normalized spacial score (nSPS) is 24.2. The summed E-state index contributed by atoms with van der Waals surface area (Å²) < 4.78 is 1.29. The van der Waals surface area contributed by atoms with E-state index < -0.39 is 0 Å². The summed E-state index contributed by atoms with van der Waals surface area (Å²) >= 11 is 3.66. The van der Waals surface area contributed by atoms with Gasteiger partial charge in [0.1, 0.15) is 0 Å². The summed E-state index contributed by atoms with van der Waals surface area (Å²) in [5.41, 5.74) is 3.05. The van der Waals surface area contributed by atoms with E-state index in [0.29, 0.717) is 6.04 Å². The molecule has 0 aliphatic heterocycles. The molecule has 1 N–H and O–H groups in total. The van der Waals surface area contributed by atoms with Crippen molar-refractivity contribution in [3.05, 3.63) is 33.8 Å². The van der Waals surface area contributed by atoms with Crippen molar-refractivity contribution in [2.45, 2.75) is 44.6 Å². The van der Waals surface area contributed by atoms with Crippen LogP contribution in [0.15, 0.2) is 22.7 Å². The first kappa shape index (κ1) is 11.7. The predicted molar refractivity (Wildman–Crippen MR) is 75.2 cm³/mol. The number of fused-ring (bicyclic) bond motifs is 1. The van der Waals surface area contributed by atoms with E-state index in [9.17, 15) is 0 Å². The van der Waals surface area contributed by atoms with E-state index in [2.05, 4.69) is 39.4 Å². The molecule has 1 saturated carbocycles. The average molecular weight is 294 g/mol. The Bertz CT molecular complexity index is 396. The number of nitrogens with one attached hydrogen (secondary N) is 1. The molecule has 3 rings (SSSR count). The van der Waals surface area contributed by atoms with Crippen LogP contribution in [0.2, 0.25) is 0 Å². The highest BCUT2D eigenvalue weighted by molar-refractivity contribution is 9.10. The fraction of sp³-hybridized carbons (Fsp3) is 0.600. The van der Waals surface area contributed by atoms with Crippen LogP contribution in [0.1, 0.15) is 49.3 Å². The number of rotatable bonds is 3. The summed E-state index contributed by atoms with van der Waals surface area (Å²) in [6.45, 7) is 1.22. The standard InChI is InChI=1S/C15H20BrN/c16-14-7-3-6-13-12(14)8-9-15(13)17-10-11-4-1-2-5-11/h3,6-7,11,15,17H,1-2,4-5,8-10H2. The minimum Gasteiger partial charge on any atom is -0.310 e. The van der Waals surface area contributed by atoms with Crippen molar-refractivity contribution in [3.63, 3.8) is 0 Å². The van der Waals surface area contributed by atoms with Gasteiger partial charge in [-0.1, -0.05) is 40.9 Å². The van der Waals surface area contributed by atoms with E-state index in [4.69, 9.17) is 0 Å². The van der Waals surface area contributed by atoms with E-state index in [0.717, 1.165) is 5.92 Å². The van der Waals surface area contributed by atoms with Crippen LogP contribution in [0.3, 0.4) is 0 Å². The van der Waals surface area contributed by atoms with E-state index >= 15 is 0 Å². The summed E-state index contributed by atoms with van der Waals surface area (Å²) in [5, 5.41) is 3.79. The molecule has 2 aliphatic rings. The molecule has 0 aromatic heterocycles. The molecule has 92 valence electrons. The molecule has 1 nitrogen and oxygen atoms in total. The number of hydrogen-bond acceptors (Lipinski definition) is 1. The average Bonchev–Trinajstić information content (AvgIpc) is 2.95. The molecule has 0 amide bonds. The van der Waals surface area contributed by atoms with Gasteiger partial charge in [0, 0.05) is 10.5 Å². The minimum absolute atomic E-state index is 0.600. The highest BCUT2D eigenvalue weighted by atomic mass is 79.9. The van der Waals surface area contributed by atoms with Crippen molar-refractivity contribution >= 4 is 15.9 Å². The van der Waals surface area contributed by atoms with Crippen molar-refractivity contribution in [1.29, 1.82) is 0 Å². The Kier molecular flexibility index (Phi) is 3.53. The predicted octanol–water partition coefficient (Wildman–Crippen LogP) is 4.22. The van der Waals surface area contributed by atoms with Crippen LogP contribution >= 0.6 is 15.9 Å². The van der Waals surface area contributed by atoms with E-state index in [1.54, 1.807) is 0 Å². The maximum atomic E-state index is 3.79. The molecule has 1 fully saturated rings. The van der Waals surface area contributed by atoms with Crippen LogP contribution in [-0.2, 0) is 6.42 Å². The summed E-state index contributed by atoms with van der Waals surface area (Å²) in [5.74, 6) is 0.936. The molecule has 0 spiro atoms. The fourth-order valence-corrected chi connectivity index (χ4v) is 3.92. The summed E-state index contributed by atoms with van der Waals surface area (Å²) in [4.78, 5) is 0. The second kappa shape index (κ2) is 5.11. The van der Waals surface area contributed by atoms with Gasteiger partial charge in [0.15, 0.2) is 0 Å². The SMILES string of the molecule is Brc1cccc2c1CCC2NCC1CCCC1. The molecule has 2 heteroatoms. The van der Waals surface area contributed by atoms with Gasteiger partial charge in [-0.15, -0.1) is 0 Å². The summed E-state index contributed by atoms with van der Waals surface area (Å²) in [6.07, 6.45) is 8.25. The van der Waals surface area contributed by atoms with E-state index in [-0.39, 0.29) is 0 Å². The molecule has 0 saturated heterocycles. The zero-order valence-electron chi connectivity index (χ0n) is 10.2. The quantitative estimate of drug-likeness (QED) is 0.880. The Morgan fingerprint density at radius 2 is 2.00 bits per heavy atom. The smallest absolute Gasteiger partial charge is 0.0326 e. The van der Waals surface area contributed by atoms with E-state index in [1.807, 2.05) is 0 Å². The molecule has 0 radical (unpaired) electrons. The third kappa shape index (κ3) is 2.43. The maximum Gasteiger partial charge on any atom is 0.0326 e. The van der Waals surface area contributed by atoms with Gasteiger partial charge in [0.25, 0.3) is 0 Å². The zero-order chi connectivity index (χ0) is 11.7.